The van der Waals surface area contributed by atoms with Gasteiger partial charge in [0.25, 0.3) is 5.91 Å². The van der Waals surface area contributed by atoms with Crippen molar-refractivity contribution < 1.29 is 33.7 Å². The number of carboxylic acids is 1. The normalized spacial score (nSPS) is 16.0. The molecule has 0 spiro atoms. The number of carboxylic acid groups (broad SMARTS) is 1. The van der Waals surface area contributed by atoms with Crippen LogP contribution >= 0.6 is 17.0 Å². The molecule has 2 aromatic rings. The Labute approximate surface area is 269 Å². The third-order valence-electron chi connectivity index (χ3n) is 7.67. The lowest BCUT2D eigenvalue weighted by molar-refractivity contribution is -0.139. The van der Waals surface area contributed by atoms with E-state index >= 15 is 0 Å². The molecular formula is C32H43BrN4O7. The highest BCUT2D eigenvalue weighted by Crippen LogP contribution is 2.42. The Bertz CT molecular complexity index is 1420. The fraction of sp³-hybridized carbons (Fsp3) is 0.500. The van der Waals surface area contributed by atoms with E-state index in [1.54, 1.807) is 36.2 Å². The molecule has 0 bridgehead atoms. The zero-order valence-corrected chi connectivity index (χ0v) is 28.0. The van der Waals surface area contributed by atoms with E-state index in [1.807, 2.05) is 34.6 Å². The zero-order valence-electron chi connectivity index (χ0n) is 26.2. The first-order chi connectivity index (χ1) is 20.4. The van der Waals surface area contributed by atoms with Crippen molar-refractivity contribution in [3.63, 3.8) is 0 Å². The number of carbonyl (C=O) groups is 3. The largest absolute Gasteiger partial charge is 0.493 e. The van der Waals surface area contributed by atoms with Crippen molar-refractivity contribution in [3.8, 4) is 11.5 Å². The topological polar surface area (TPSA) is 141 Å². The minimum absolute atomic E-state index is 0. The predicted octanol–water partition coefficient (Wildman–Crippen LogP) is 4.42. The van der Waals surface area contributed by atoms with Gasteiger partial charge in [0.15, 0.2) is 12.4 Å². The number of Topliss-reactive ketones (excluding diaryl/α,β-unsaturated/α-hetero) is 1. The quantitative estimate of drug-likeness (QED) is 0.279. The number of fused-ring (bicyclic) bond motifs is 1. The second kappa shape index (κ2) is 14.4. The Balaban J connectivity index is 0.00000529. The first kappa shape index (κ1) is 34.8. The number of benzene rings is 2. The van der Waals surface area contributed by atoms with Crippen LogP contribution in [0, 0.1) is 5.41 Å². The van der Waals surface area contributed by atoms with Crippen LogP contribution in [-0.2, 0) is 21.5 Å². The van der Waals surface area contributed by atoms with Crippen molar-refractivity contribution in [2.75, 3.05) is 51.4 Å². The number of carbonyl (C=O) groups excluding carboxylic acids is 2. The average Bonchev–Trinajstić information content (AvgIpc) is 3.54. The molecule has 3 N–H and O–H groups in total. The summed E-state index contributed by atoms with van der Waals surface area (Å²) < 4.78 is 17.4. The van der Waals surface area contributed by atoms with Crippen LogP contribution < -0.4 is 19.7 Å². The fourth-order valence-corrected chi connectivity index (χ4v) is 5.59. The number of hydrogen-bond acceptors (Lipinski definition) is 8. The maximum atomic E-state index is 13.9. The highest BCUT2D eigenvalue weighted by molar-refractivity contribution is 8.93. The number of nitrogens with one attached hydrogen (secondary N) is 2. The van der Waals surface area contributed by atoms with E-state index in [2.05, 4.69) is 10.2 Å². The summed E-state index contributed by atoms with van der Waals surface area (Å²) in [6, 6.07) is 6.98. The third-order valence-corrected chi connectivity index (χ3v) is 7.67. The van der Waals surface area contributed by atoms with Gasteiger partial charge in [0.05, 0.1) is 30.5 Å². The maximum Gasteiger partial charge on any atom is 0.341 e. The number of amides is 1. The van der Waals surface area contributed by atoms with Gasteiger partial charge in [-0.25, -0.2) is 4.79 Å². The molecular weight excluding hydrogens is 632 g/mol. The molecule has 44 heavy (non-hydrogen) atoms. The van der Waals surface area contributed by atoms with Crippen LogP contribution in [-0.4, -0.2) is 86.1 Å². The first-order valence-corrected chi connectivity index (χ1v) is 14.7. The van der Waals surface area contributed by atoms with Crippen molar-refractivity contribution in [1.29, 1.82) is 5.41 Å². The molecule has 4 rings (SSSR count). The van der Waals surface area contributed by atoms with Crippen molar-refractivity contribution in [3.05, 3.63) is 52.1 Å². The number of halogens is 1. The standard InChI is InChI=1S/C32H42N4O7.BrH/c1-7-41-21-9-10-35(16-21)25-12-19(11-24(32(3,4)5)29(25)43-18-28(38)39)26(37)17-36-15-20-13-27(42-8-2)23(31(40)34-6)14-22(20)30(36)33;/h11-14,21,33H,7-10,15-18H2,1-6H3,(H,34,40)(H,38,39);1H. The number of nitrogens with zero attached hydrogens (tertiary/aromatic N) is 2. The Kier molecular flexibility index (Phi) is 11.4. The van der Waals surface area contributed by atoms with Gasteiger partial charge in [-0.2, -0.15) is 0 Å². The fourth-order valence-electron chi connectivity index (χ4n) is 5.59. The molecule has 2 aliphatic heterocycles. The summed E-state index contributed by atoms with van der Waals surface area (Å²) in [5.41, 5.74) is 3.12. The number of hydrogen-bond donors (Lipinski definition) is 3. The second-order valence-corrected chi connectivity index (χ2v) is 11.8. The number of aliphatic carboxylic acids is 1. The van der Waals surface area contributed by atoms with E-state index in [4.69, 9.17) is 19.6 Å². The molecule has 0 aromatic heterocycles. The Morgan fingerprint density at radius 2 is 1.82 bits per heavy atom. The molecule has 1 saturated heterocycles. The number of ketones is 1. The van der Waals surface area contributed by atoms with Gasteiger partial charge in [-0.3, -0.25) is 15.0 Å². The minimum Gasteiger partial charge on any atom is -0.493 e. The van der Waals surface area contributed by atoms with Crippen molar-refractivity contribution in [2.24, 2.45) is 0 Å². The Hall–Kier alpha value is -3.64. The van der Waals surface area contributed by atoms with Crippen molar-refractivity contribution >= 4 is 46.2 Å². The highest BCUT2D eigenvalue weighted by Gasteiger charge is 2.33. The van der Waals surface area contributed by atoms with E-state index < -0.39 is 18.0 Å². The van der Waals surface area contributed by atoms with Crippen LogP contribution in [0.1, 0.15) is 78.4 Å². The average molecular weight is 676 g/mol. The summed E-state index contributed by atoms with van der Waals surface area (Å²) >= 11 is 0. The van der Waals surface area contributed by atoms with Gasteiger partial charge in [-0.1, -0.05) is 20.8 Å². The minimum atomic E-state index is -1.08. The van der Waals surface area contributed by atoms with Gasteiger partial charge in [0.1, 0.15) is 17.3 Å². The highest BCUT2D eigenvalue weighted by atomic mass is 79.9. The van der Waals surface area contributed by atoms with Gasteiger partial charge in [0.2, 0.25) is 0 Å². The SMILES string of the molecule is Br.CCOc1cc2c(cc1C(=O)NC)C(=N)N(CC(=O)c1cc(N3CCC(OCC)C3)c(OCC(=O)O)c(C(C)(C)C)c1)C2. The number of rotatable bonds is 12. The molecule has 2 aromatic carbocycles. The summed E-state index contributed by atoms with van der Waals surface area (Å²) in [6.07, 6.45) is 0.833. The van der Waals surface area contributed by atoms with Gasteiger partial charge in [-0.05, 0) is 55.5 Å². The summed E-state index contributed by atoms with van der Waals surface area (Å²) in [6.45, 7) is 11.8. The molecule has 0 aliphatic carbocycles. The van der Waals surface area contributed by atoms with Crippen LogP contribution in [0.25, 0.3) is 0 Å². The van der Waals surface area contributed by atoms with E-state index in [9.17, 15) is 19.5 Å². The molecule has 12 heteroatoms. The van der Waals surface area contributed by atoms with Gasteiger partial charge < -0.3 is 34.4 Å². The molecule has 2 heterocycles. The molecule has 2 aliphatic rings. The summed E-state index contributed by atoms with van der Waals surface area (Å²) in [7, 11) is 1.54. The maximum absolute atomic E-state index is 13.9. The lowest BCUT2D eigenvalue weighted by atomic mass is 9.84. The Morgan fingerprint density at radius 1 is 1.09 bits per heavy atom. The smallest absolute Gasteiger partial charge is 0.341 e. The second-order valence-electron chi connectivity index (χ2n) is 11.8. The molecule has 0 saturated carbocycles. The predicted molar refractivity (Wildman–Crippen MR) is 173 cm³/mol. The molecule has 11 nitrogen and oxygen atoms in total. The third kappa shape index (κ3) is 7.52. The van der Waals surface area contributed by atoms with E-state index in [-0.39, 0.29) is 47.2 Å². The van der Waals surface area contributed by atoms with Crippen LogP contribution in [0.4, 0.5) is 5.69 Å². The monoisotopic (exact) mass is 674 g/mol. The molecule has 1 atom stereocenters. The summed E-state index contributed by atoms with van der Waals surface area (Å²) in [5, 5.41) is 20.8. The lowest BCUT2D eigenvalue weighted by Gasteiger charge is -2.29. The number of ether oxygens (including phenoxy) is 3. The van der Waals surface area contributed by atoms with E-state index in [1.165, 1.54) is 0 Å². The Morgan fingerprint density at radius 3 is 2.43 bits per heavy atom. The molecule has 0 radical (unpaired) electrons. The van der Waals surface area contributed by atoms with Crippen LogP contribution in [0.3, 0.4) is 0 Å². The van der Waals surface area contributed by atoms with Gasteiger partial charge in [0, 0.05) is 50.0 Å². The molecule has 1 amide bonds. The van der Waals surface area contributed by atoms with Crippen LogP contribution in [0.2, 0.25) is 0 Å². The molecule has 240 valence electrons. The molecule has 1 fully saturated rings. The van der Waals surface area contributed by atoms with Crippen LogP contribution in [0.15, 0.2) is 24.3 Å². The van der Waals surface area contributed by atoms with Gasteiger partial charge in [-0.15, -0.1) is 17.0 Å². The molecule has 1 unspecified atom stereocenters. The van der Waals surface area contributed by atoms with E-state index in [0.29, 0.717) is 66.7 Å². The zero-order chi connectivity index (χ0) is 31.5. The van der Waals surface area contributed by atoms with E-state index in [0.717, 1.165) is 17.5 Å². The number of amidine groups is 1. The lowest BCUT2D eigenvalue weighted by Crippen LogP contribution is -2.31. The van der Waals surface area contributed by atoms with Crippen molar-refractivity contribution in [2.45, 2.75) is 59.1 Å². The number of anilines is 1. The first-order valence-electron chi connectivity index (χ1n) is 14.7. The van der Waals surface area contributed by atoms with Crippen LogP contribution in [0.5, 0.6) is 11.5 Å². The van der Waals surface area contributed by atoms with Crippen molar-refractivity contribution in [1.82, 2.24) is 10.2 Å². The van der Waals surface area contributed by atoms with Gasteiger partial charge >= 0.3 is 5.97 Å². The summed E-state index contributed by atoms with van der Waals surface area (Å²) in [5.74, 6) is -0.531. The summed E-state index contributed by atoms with van der Waals surface area (Å²) in [4.78, 5) is 41.6.